The first-order chi connectivity index (χ1) is 9.43. The molecule has 0 saturated carbocycles. The Labute approximate surface area is 124 Å². The summed E-state index contributed by atoms with van der Waals surface area (Å²) >= 11 is 6.47. The lowest BCUT2D eigenvalue weighted by atomic mass is 9.98. The summed E-state index contributed by atoms with van der Waals surface area (Å²) in [5.74, 6) is 0.573. The van der Waals surface area contributed by atoms with Crippen molar-refractivity contribution in [2.45, 2.75) is 26.1 Å². The Morgan fingerprint density at radius 3 is 2.20 bits per heavy atom. The largest absolute Gasteiger partial charge is 0.496 e. The third kappa shape index (κ3) is 2.80. The van der Waals surface area contributed by atoms with E-state index in [1.54, 1.807) is 19.2 Å². The Kier molecular flexibility index (Phi) is 4.34. The first-order valence-electron chi connectivity index (χ1n) is 6.49. The number of hydrogen-bond donors (Lipinski definition) is 0. The molecule has 0 aliphatic rings. The predicted octanol–water partition coefficient (Wildman–Crippen LogP) is 5.09. The van der Waals surface area contributed by atoms with E-state index >= 15 is 0 Å². The van der Waals surface area contributed by atoms with Crippen molar-refractivity contribution >= 4 is 11.6 Å². The molecule has 0 spiro atoms. The number of methoxy groups -OCH3 is 1. The van der Waals surface area contributed by atoms with Crippen molar-refractivity contribution in [3.63, 3.8) is 0 Å². The van der Waals surface area contributed by atoms with Crippen LogP contribution in [0, 0.1) is 26.6 Å². The molecular formula is C17H18ClFO. The number of aryl methyl sites for hydroxylation is 3. The zero-order chi connectivity index (χ0) is 14.9. The van der Waals surface area contributed by atoms with Gasteiger partial charge in [0.05, 0.1) is 12.5 Å². The van der Waals surface area contributed by atoms with E-state index in [1.165, 1.54) is 6.07 Å². The number of alkyl halides is 1. The molecule has 106 valence electrons. The molecule has 0 saturated heterocycles. The van der Waals surface area contributed by atoms with E-state index < -0.39 is 5.38 Å². The van der Waals surface area contributed by atoms with Crippen molar-refractivity contribution in [3.05, 3.63) is 64.0 Å². The van der Waals surface area contributed by atoms with Crippen LogP contribution < -0.4 is 4.74 Å². The topological polar surface area (TPSA) is 9.23 Å². The van der Waals surface area contributed by atoms with Gasteiger partial charge in [0.15, 0.2) is 0 Å². The van der Waals surface area contributed by atoms with Crippen LogP contribution >= 0.6 is 11.6 Å². The van der Waals surface area contributed by atoms with Crippen LogP contribution in [0.4, 0.5) is 4.39 Å². The summed E-state index contributed by atoms with van der Waals surface area (Å²) in [5.41, 5.74) is 4.39. The molecule has 1 unspecified atom stereocenters. The van der Waals surface area contributed by atoms with Crippen LogP contribution in [0.1, 0.15) is 33.2 Å². The molecule has 2 aromatic carbocycles. The average molecular weight is 293 g/mol. The molecule has 20 heavy (non-hydrogen) atoms. The number of halogens is 2. The molecule has 3 heteroatoms. The first kappa shape index (κ1) is 14.9. The highest BCUT2D eigenvalue weighted by molar-refractivity contribution is 6.22. The average Bonchev–Trinajstić information content (AvgIpc) is 2.40. The van der Waals surface area contributed by atoms with Gasteiger partial charge in [-0.2, -0.15) is 0 Å². The van der Waals surface area contributed by atoms with Crippen LogP contribution in [0.3, 0.4) is 0 Å². The highest BCUT2D eigenvalue weighted by atomic mass is 35.5. The highest BCUT2D eigenvalue weighted by Gasteiger charge is 2.17. The van der Waals surface area contributed by atoms with Gasteiger partial charge in [0.1, 0.15) is 11.6 Å². The van der Waals surface area contributed by atoms with Gasteiger partial charge in [0, 0.05) is 5.56 Å². The van der Waals surface area contributed by atoms with Gasteiger partial charge in [-0.15, -0.1) is 11.6 Å². The molecule has 1 atom stereocenters. The van der Waals surface area contributed by atoms with Crippen LogP contribution in [-0.4, -0.2) is 7.11 Å². The van der Waals surface area contributed by atoms with E-state index in [-0.39, 0.29) is 5.82 Å². The van der Waals surface area contributed by atoms with Gasteiger partial charge in [-0.25, -0.2) is 4.39 Å². The Morgan fingerprint density at radius 2 is 1.65 bits per heavy atom. The fraction of sp³-hybridized carbons (Fsp3) is 0.294. The molecule has 0 heterocycles. The summed E-state index contributed by atoms with van der Waals surface area (Å²) in [7, 11) is 1.65. The van der Waals surface area contributed by atoms with Crippen molar-refractivity contribution in [2.75, 3.05) is 7.11 Å². The van der Waals surface area contributed by atoms with E-state index in [2.05, 4.69) is 0 Å². The third-order valence-electron chi connectivity index (χ3n) is 3.40. The Bertz CT molecular complexity index is 614. The Morgan fingerprint density at radius 1 is 1.05 bits per heavy atom. The second-order valence-electron chi connectivity index (χ2n) is 5.08. The Hall–Kier alpha value is -1.54. The summed E-state index contributed by atoms with van der Waals surface area (Å²) in [4.78, 5) is 0. The minimum Gasteiger partial charge on any atom is -0.496 e. The Balaban J connectivity index is 2.48. The maximum Gasteiger partial charge on any atom is 0.128 e. The maximum atomic E-state index is 13.9. The lowest BCUT2D eigenvalue weighted by Crippen LogP contribution is -2.00. The zero-order valence-corrected chi connectivity index (χ0v) is 12.9. The zero-order valence-electron chi connectivity index (χ0n) is 12.1. The third-order valence-corrected chi connectivity index (χ3v) is 3.89. The van der Waals surface area contributed by atoms with Crippen molar-refractivity contribution in [1.82, 2.24) is 0 Å². The summed E-state index contributed by atoms with van der Waals surface area (Å²) < 4.78 is 19.3. The minimum absolute atomic E-state index is 0.276. The van der Waals surface area contributed by atoms with Crippen molar-refractivity contribution < 1.29 is 9.13 Å². The van der Waals surface area contributed by atoms with E-state index in [9.17, 15) is 4.39 Å². The van der Waals surface area contributed by atoms with Gasteiger partial charge in [0.25, 0.3) is 0 Å². The number of hydrogen-bond acceptors (Lipinski definition) is 1. The second-order valence-corrected chi connectivity index (χ2v) is 5.51. The molecule has 0 aromatic heterocycles. The van der Waals surface area contributed by atoms with Crippen molar-refractivity contribution in [3.8, 4) is 5.75 Å². The van der Waals surface area contributed by atoms with Crippen LogP contribution in [0.5, 0.6) is 5.75 Å². The summed E-state index contributed by atoms with van der Waals surface area (Å²) in [6, 6.07) is 8.90. The predicted molar refractivity (Wildman–Crippen MR) is 81.3 cm³/mol. The summed E-state index contributed by atoms with van der Waals surface area (Å²) in [5, 5.41) is -0.502. The lowest BCUT2D eigenvalue weighted by Gasteiger charge is -2.16. The SMILES string of the molecule is COc1c(C)cc(C(Cl)c2cc(C)ccc2F)cc1C. The van der Waals surface area contributed by atoms with Crippen LogP contribution in [0.15, 0.2) is 30.3 Å². The molecule has 0 bridgehead atoms. The fourth-order valence-corrected chi connectivity index (χ4v) is 2.78. The lowest BCUT2D eigenvalue weighted by molar-refractivity contribution is 0.408. The van der Waals surface area contributed by atoms with E-state index in [4.69, 9.17) is 16.3 Å². The van der Waals surface area contributed by atoms with Crippen LogP contribution in [0.25, 0.3) is 0 Å². The van der Waals surface area contributed by atoms with Gasteiger partial charge in [0.2, 0.25) is 0 Å². The first-order valence-corrected chi connectivity index (χ1v) is 6.93. The second kappa shape index (κ2) is 5.84. The van der Waals surface area contributed by atoms with E-state index in [1.807, 2.05) is 32.9 Å². The van der Waals surface area contributed by atoms with E-state index in [0.717, 1.165) is 28.0 Å². The van der Waals surface area contributed by atoms with Gasteiger partial charge in [-0.3, -0.25) is 0 Å². The number of benzene rings is 2. The maximum absolute atomic E-state index is 13.9. The number of ether oxygens (including phenoxy) is 1. The van der Waals surface area contributed by atoms with Gasteiger partial charge in [-0.1, -0.05) is 29.8 Å². The molecule has 0 N–H and O–H groups in total. The fourth-order valence-electron chi connectivity index (χ4n) is 2.49. The number of rotatable bonds is 3. The normalized spacial score (nSPS) is 12.3. The molecule has 2 aromatic rings. The molecule has 0 radical (unpaired) electrons. The van der Waals surface area contributed by atoms with Crippen LogP contribution in [0.2, 0.25) is 0 Å². The van der Waals surface area contributed by atoms with Gasteiger partial charge in [-0.05, 0) is 43.5 Å². The van der Waals surface area contributed by atoms with Crippen molar-refractivity contribution in [1.29, 1.82) is 0 Å². The van der Waals surface area contributed by atoms with Crippen molar-refractivity contribution in [2.24, 2.45) is 0 Å². The molecule has 0 amide bonds. The monoisotopic (exact) mass is 292 g/mol. The van der Waals surface area contributed by atoms with Crippen LogP contribution in [-0.2, 0) is 0 Å². The molecular weight excluding hydrogens is 275 g/mol. The summed E-state index contributed by atoms with van der Waals surface area (Å²) in [6.45, 7) is 5.86. The minimum atomic E-state index is -0.502. The van der Waals surface area contributed by atoms with E-state index in [0.29, 0.717) is 5.56 Å². The quantitative estimate of drug-likeness (QED) is 0.716. The molecule has 1 nitrogen and oxygen atoms in total. The standard InChI is InChI=1S/C17H18ClFO/c1-10-5-6-15(19)14(7-10)16(18)13-8-11(2)17(20-4)12(3)9-13/h5-9,16H,1-4H3. The van der Waals surface area contributed by atoms with Gasteiger partial charge >= 0.3 is 0 Å². The smallest absolute Gasteiger partial charge is 0.128 e. The molecule has 0 fully saturated rings. The molecule has 0 aliphatic carbocycles. The van der Waals surface area contributed by atoms with Gasteiger partial charge < -0.3 is 4.74 Å². The highest BCUT2D eigenvalue weighted by Crippen LogP contribution is 2.35. The molecule has 0 aliphatic heterocycles. The molecule has 2 rings (SSSR count). The summed E-state index contributed by atoms with van der Waals surface area (Å²) in [6.07, 6.45) is 0.